The minimum absolute atomic E-state index is 0.353. The molecule has 1 rings (SSSR count). The van der Waals surface area contributed by atoms with Crippen LogP contribution in [-0.4, -0.2) is 42.5 Å². The van der Waals surface area contributed by atoms with Gasteiger partial charge in [-0.25, -0.2) is 0 Å². The van der Waals surface area contributed by atoms with Crippen LogP contribution in [0, 0.1) is 0 Å². The standard InChI is InChI=1S/C8H18O3Si/c1-7(3-2-4-11-12)9-5-8-6-10-8/h7-8H,2-6H2,1,12H3. The fraction of sp³-hybridized carbons (Fsp3) is 1.00. The Morgan fingerprint density at radius 3 is 3.00 bits per heavy atom. The van der Waals surface area contributed by atoms with Crippen molar-refractivity contribution in [2.75, 3.05) is 19.8 Å². The van der Waals surface area contributed by atoms with E-state index in [9.17, 15) is 0 Å². The number of ether oxygens (including phenoxy) is 2. The van der Waals surface area contributed by atoms with E-state index >= 15 is 0 Å². The Morgan fingerprint density at radius 2 is 2.42 bits per heavy atom. The third-order valence-electron chi connectivity index (χ3n) is 1.93. The Morgan fingerprint density at radius 1 is 1.67 bits per heavy atom. The van der Waals surface area contributed by atoms with E-state index in [2.05, 4.69) is 6.92 Å². The Balaban J connectivity index is 1.84. The van der Waals surface area contributed by atoms with E-state index < -0.39 is 0 Å². The van der Waals surface area contributed by atoms with E-state index in [1.807, 2.05) is 0 Å². The molecule has 2 atom stereocenters. The van der Waals surface area contributed by atoms with Crippen molar-refractivity contribution >= 4 is 10.5 Å². The van der Waals surface area contributed by atoms with Gasteiger partial charge in [0, 0.05) is 6.61 Å². The first-order chi connectivity index (χ1) is 5.83. The van der Waals surface area contributed by atoms with Gasteiger partial charge in [0.25, 0.3) is 0 Å². The number of hydrogen-bond acceptors (Lipinski definition) is 3. The Hall–Kier alpha value is 0.0969. The summed E-state index contributed by atoms with van der Waals surface area (Å²) in [6.45, 7) is 4.65. The fourth-order valence-corrected chi connectivity index (χ4v) is 1.32. The maximum absolute atomic E-state index is 5.54. The molecule has 0 bridgehead atoms. The normalized spacial score (nSPS) is 24.2. The lowest BCUT2D eigenvalue weighted by molar-refractivity contribution is 0.0459. The van der Waals surface area contributed by atoms with E-state index in [1.54, 1.807) is 0 Å². The maximum Gasteiger partial charge on any atom is 0.145 e. The quantitative estimate of drug-likeness (QED) is 0.318. The average molecular weight is 190 g/mol. The predicted molar refractivity (Wildman–Crippen MR) is 50.3 cm³/mol. The molecule has 0 aromatic carbocycles. The molecule has 1 fully saturated rings. The van der Waals surface area contributed by atoms with Crippen LogP contribution in [0.4, 0.5) is 0 Å². The summed E-state index contributed by atoms with van der Waals surface area (Å²) in [5.74, 6) is 0. The van der Waals surface area contributed by atoms with Gasteiger partial charge in [0.15, 0.2) is 0 Å². The van der Waals surface area contributed by atoms with Crippen LogP contribution in [0.2, 0.25) is 0 Å². The number of hydrogen-bond donors (Lipinski definition) is 0. The minimum Gasteiger partial charge on any atom is -0.428 e. The lowest BCUT2D eigenvalue weighted by Gasteiger charge is -2.11. The van der Waals surface area contributed by atoms with Gasteiger partial charge in [-0.2, -0.15) is 0 Å². The van der Waals surface area contributed by atoms with Crippen molar-refractivity contribution in [1.29, 1.82) is 0 Å². The van der Waals surface area contributed by atoms with Crippen LogP contribution >= 0.6 is 0 Å². The predicted octanol–water partition coefficient (Wildman–Crippen LogP) is -0.133. The Bertz CT molecular complexity index is 117. The third-order valence-corrected chi connectivity index (χ3v) is 2.34. The first-order valence-corrected chi connectivity index (χ1v) is 5.36. The van der Waals surface area contributed by atoms with Crippen molar-refractivity contribution in [3.05, 3.63) is 0 Å². The number of rotatable bonds is 7. The smallest absolute Gasteiger partial charge is 0.145 e. The van der Waals surface area contributed by atoms with Crippen LogP contribution in [0.5, 0.6) is 0 Å². The summed E-state index contributed by atoms with van der Waals surface area (Å²) in [6, 6.07) is 0. The molecule has 4 heteroatoms. The van der Waals surface area contributed by atoms with Gasteiger partial charge in [-0.1, -0.05) is 0 Å². The highest BCUT2D eigenvalue weighted by Crippen LogP contribution is 2.11. The lowest BCUT2D eigenvalue weighted by Crippen LogP contribution is -2.13. The van der Waals surface area contributed by atoms with Crippen molar-refractivity contribution in [1.82, 2.24) is 0 Å². The highest BCUT2D eigenvalue weighted by molar-refractivity contribution is 5.97. The van der Waals surface area contributed by atoms with Crippen molar-refractivity contribution < 1.29 is 13.9 Å². The summed E-state index contributed by atoms with van der Waals surface area (Å²) in [5.41, 5.74) is 0. The van der Waals surface area contributed by atoms with Gasteiger partial charge >= 0.3 is 0 Å². The van der Waals surface area contributed by atoms with Crippen molar-refractivity contribution in [2.24, 2.45) is 0 Å². The molecule has 0 aromatic heterocycles. The first kappa shape index (κ1) is 10.2. The van der Waals surface area contributed by atoms with Crippen molar-refractivity contribution in [2.45, 2.75) is 32.0 Å². The molecule has 0 saturated carbocycles. The minimum atomic E-state index is 0.353. The second kappa shape index (κ2) is 5.69. The summed E-state index contributed by atoms with van der Waals surface area (Å²) in [7, 11) is 0.848. The molecule has 0 amide bonds. The summed E-state index contributed by atoms with van der Waals surface area (Å²) in [5, 5.41) is 0. The Labute approximate surface area is 76.9 Å². The fourth-order valence-electron chi connectivity index (χ4n) is 1.03. The molecule has 1 aliphatic rings. The molecule has 1 heterocycles. The van der Waals surface area contributed by atoms with Gasteiger partial charge in [-0.15, -0.1) is 0 Å². The summed E-state index contributed by atoms with van der Waals surface area (Å²) in [4.78, 5) is 0. The SMILES string of the molecule is CC(CCCO[SiH3])OCC1CO1. The van der Waals surface area contributed by atoms with E-state index in [4.69, 9.17) is 13.9 Å². The van der Waals surface area contributed by atoms with E-state index in [0.717, 1.165) is 43.1 Å². The van der Waals surface area contributed by atoms with Crippen molar-refractivity contribution in [3.63, 3.8) is 0 Å². The van der Waals surface area contributed by atoms with Gasteiger partial charge in [-0.3, -0.25) is 0 Å². The second-order valence-corrected chi connectivity index (χ2v) is 3.81. The van der Waals surface area contributed by atoms with Gasteiger partial charge in [0.05, 0.1) is 19.3 Å². The van der Waals surface area contributed by atoms with Crippen LogP contribution in [0.1, 0.15) is 19.8 Å². The van der Waals surface area contributed by atoms with Gasteiger partial charge < -0.3 is 13.9 Å². The molecule has 0 N–H and O–H groups in total. The highest BCUT2D eigenvalue weighted by atomic mass is 28.2. The highest BCUT2D eigenvalue weighted by Gasteiger charge is 2.23. The summed E-state index contributed by atoms with van der Waals surface area (Å²) >= 11 is 0. The molecule has 0 spiro atoms. The maximum atomic E-state index is 5.54. The summed E-state index contributed by atoms with van der Waals surface area (Å²) < 4.78 is 15.7. The second-order valence-electron chi connectivity index (χ2n) is 3.23. The lowest BCUT2D eigenvalue weighted by atomic mass is 10.2. The zero-order valence-corrected chi connectivity index (χ0v) is 9.91. The largest absolute Gasteiger partial charge is 0.428 e. The molecule has 0 aromatic rings. The average Bonchev–Trinajstić information content (AvgIpc) is 2.84. The molecule has 0 aliphatic carbocycles. The van der Waals surface area contributed by atoms with Crippen LogP contribution < -0.4 is 0 Å². The monoisotopic (exact) mass is 190 g/mol. The van der Waals surface area contributed by atoms with Crippen LogP contribution in [0.25, 0.3) is 0 Å². The van der Waals surface area contributed by atoms with E-state index in [1.165, 1.54) is 0 Å². The van der Waals surface area contributed by atoms with Gasteiger partial charge in [0.2, 0.25) is 0 Å². The molecule has 1 saturated heterocycles. The summed E-state index contributed by atoms with van der Waals surface area (Å²) in [6.07, 6.45) is 2.94. The molecule has 12 heavy (non-hydrogen) atoms. The third kappa shape index (κ3) is 4.87. The molecular weight excluding hydrogens is 172 g/mol. The zero-order chi connectivity index (χ0) is 8.81. The van der Waals surface area contributed by atoms with E-state index in [0.29, 0.717) is 12.2 Å². The van der Waals surface area contributed by atoms with Gasteiger partial charge in [0.1, 0.15) is 16.6 Å². The first-order valence-electron chi connectivity index (χ1n) is 4.55. The van der Waals surface area contributed by atoms with Crippen LogP contribution in [-0.2, 0) is 13.9 Å². The molecular formula is C8H18O3Si. The van der Waals surface area contributed by atoms with Crippen LogP contribution in [0.3, 0.4) is 0 Å². The van der Waals surface area contributed by atoms with Crippen LogP contribution in [0.15, 0.2) is 0 Å². The molecule has 3 nitrogen and oxygen atoms in total. The molecule has 0 radical (unpaired) electrons. The number of epoxide rings is 1. The topological polar surface area (TPSA) is 31.0 Å². The van der Waals surface area contributed by atoms with Gasteiger partial charge in [-0.05, 0) is 19.8 Å². The molecule has 2 unspecified atom stereocenters. The molecule has 1 aliphatic heterocycles. The van der Waals surface area contributed by atoms with Crippen molar-refractivity contribution in [3.8, 4) is 0 Å². The van der Waals surface area contributed by atoms with E-state index in [-0.39, 0.29) is 0 Å². The Kier molecular flexibility index (Phi) is 4.83. The molecule has 72 valence electrons. The zero-order valence-electron chi connectivity index (χ0n) is 7.91.